The molecule has 0 amide bonds. The third kappa shape index (κ3) is 7.31. The molecule has 1 heteroatoms. The molecular formula is C28H42Sn. The van der Waals surface area contributed by atoms with Crippen molar-refractivity contribution in [3.63, 3.8) is 0 Å². The SMILES string of the molecule is CCC[CH2][Sn]([CH2]CCC)([CH2]CCC)[c]1ccc(C=C(CC)c2ccccc2)cc1. The van der Waals surface area contributed by atoms with E-state index in [4.69, 9.17) is 0 Å². The van der Waals surface area contributed by atoms with Gasteiger partial charge in [-0.15, -0.1) is 0 Å². The average molecular weight is 497 g/mol. The van der Waals surface area contributed by atoms with Crippen molar-refractivity contribution >= 4 is 33.6 Å². The fourth-order valence-corrected chi connectivity index (χ4v) is 20.5. The number of rotatable bonds is 13. The van der Waals surface area contributed by atoms with Crippen molar-refractivity contribution in [3.8, 4) is 0 Å². The molecule has 0 unspecified atom stereocenters. The normalized spacial score (nSPS) is 12.3. The number of hydrogen-bond donors (Lipinski definition) is 0. The summed E-state index contributed by atoms with van der Waals surface area (Å²) in [6.07, 6.45) is 11.8. The molecular weight excluding hydrogens is 455 g/mol. The molecule has 0 atom stereocenters. The Balaban J connectivity index is 2.32. The second kappa shape index (κ2) is 13.3. The first-order valence-electron chi connectivity index (χ1n) is 12.1. The van der Waals surface area contributed by atoms with E-state index in [0.717, 1.165) is 6.42 Å². The molecule has 0 aliphatic carbocycles. The van der Waals surface area contributed by atoms with Crippen LogP contribution in [-0.4, -0.2) is 18.4 Å². The van der Waals surface area contributed by atoms with Gasteiger partial charge in [0.15, 0.2) is 0 Å². The van der Waals surface area contributed by atoms with Gasteiger partial charge in [0.05, 0.1) is 0 Å². The van der Waals surface area contributed by atoms with Crippen LogP contribution in [0, 0.1) is 0 Å². The van der Waals surface area contributed by atoms with Crippen LogP contribution in [0.5, 0.6) is 0 Å². The van der Waals surface area contributed by atoms with Gasteiger partial charge in [0.1, 0.15) is 0 Å². The third-order valence-electron chi connectivity index (χ3n) is 6.42. The van der Waals surface area contributed by atoms with Gasteiger partial charge in [0.2, 0.25) is 0 Å². The van der Waals surface area contributed by atoms with Gasteiger partial charge in [0, 0.05) is 0 Å². The molecule has 0 fully saturated rings. The van der Waals surface area contributed by atoms with Crippen LogP contribution >= 0.6 is 0 Å². The Hall–Kier alpha value is -1.02. The molecule has 0 nitrogen and oxygen atoms in total. The first-order valence-corrected chi connectivity index (χ1v) is 19.5. The fourth-order valence-electron chi connectivity index (χ4n) is 4.53. The summed E-state index contributed by atoms with van der Waals surface area (Å²) in [6.45, 7) is 9.34. The van der Waals surface area contributed by atoms with E-state index in [9.17, 15) is 0 Å². The zero-order valence-electron chi connectivity index (χ0n) is 19.3. The van der Waals surface area contributed by atoms with Crippen molar-refractivity contribution in [2.45, 2.75) is 86.0 Å². The summed E-state index contributed by atoms with van der Waals surface area (Å²) < 4.78 is 6.42. The third-order valence-corrected chi connectivity index (χ3v) is 22.1. The molecule has 0 aromatic heterocycles. The molecule has 0 aliphatic rings. The Kier molecular flexibility index (Phi) is 11.1. The van der Waals surface area contributed by atoms with Gasteiger partial charge in [-0.05, 0) is 0 Å². The Morgan fingerprint density at radius 1 is 0.690 bits per heavy atom. The monoisotopic (exact) mass is 498 g/mol. The zero-order chi connectivity index (χ0) is 21.0. The number of unbranched alkanes of at least 4 members (excludes halogenated alkanes) is 3. The molecule has 0 saturated carbocycles. The number of benzene rings is 2. The van der Waals surface area contributed by atoms with Crippen LogP contribution in [-0.2, 0) is 0 Å². The molecule has 0 aliphatic heterocycles. The maximum absolute atomic E-state index is 2.53. The molecule has 0 bridgehead atoms. The van der Waals surface area contributed by atoms with Crippen molar-refractivity contribution in [2.24, 2.45) is 0 Å². The van der Waals surface area contributed by atoms with Gasteiger partial charge in [-0.2, -0.15) is 0 Å². The van der Waals surface area contributed by atoms with Gasteiger partial charge in [-0.1, -0.05) is 0 Å². The molecule has 0 radical (unpaired) electrons. The summed E-state index contributed by atoms with van der Waals surface area (Å²) in [4.78, 5) is 0. The van der Waals surface area contributed by atoms with Crippen LogP contribution in [0.15, 0.2) is 54.6 Å². The van der Waals surface area contributed by atoms with Gasteiger partial charge in [-0.3, -0.25) is 0 Å². The molecule has 2 aromatic rings. The molecule has 158 valence electrons. The first kappa shape index (κ1) is 24.3. The molecule has 0 heterocycles. The first-order chi connectivity index (χ1) is 14.2. The molecule has 2 aromatic carbocycles. The van der Waals surface area contributed by atoms with Crippen molar-refractivity contribution in [1.82, 2.24) is 0 Å². The zero-order valence-corrected chi connectivity index (χ0v) is 22.2. The van der Waals surface area contributed by atoms with Crippen LogP contribution in [0.4, 0.5) is 0 Å². The van der Waals surface area contributed by atoms with Crippen molar-refractivity contribution in [3.05, 3.63) is 65.7 Å². The molecule has 0 spiro atoms. The number of hydrogen-bond acceptors (Lipinski definition) is 0. The van der Waals surface area contributed by atoms with Gasteiger partial charge in [-0.25, -0.2) is 0 Å². The summed E-state index contributed by atoms with van der Waals surface area (Å²) in [5.74, 6) is 0. The van der Waals surface area contributed by atoms with Gasteiger partial charge < -0.3 is 0 Å². The minimum absolute atomic E-state index is 1.07. The topological polar surface area (TPSA) is 0 Å². The second-order valence-electron chi connectivity index (χ2n) is 8.60. The molecule has 2 rings (SSSR count). The van der Waals surface area contributed by atoms with Crippen LogP contribution < -0.4 is 3.58 Å². The van der Waals surface area contributed by atoms with Crippen LogP contribution in [0.2, 0.25) is 13.3 Å². The summed E-state index contributed by atoms with van der Waals surface area (Å²) in [5.41, 5.74) is 4.13. The summed E-state index contributed by atoms with van der Waals surface area (Å²) in [6, 6.07) is 20.7. The second-order valence-corrected chi connectivity index (χ2v) is 21.8. The Bertz CT molecular complexity index is 690. The van der Waals surface area contributed by atoms with E-state index in [0.29, 0.717) is 0 Å². The van der Waals surface area contributed by atoms with E-state index >= 15 is 0 Å². The Labute approximate surface area is 184 Å². The Morgan fingerprint density at radius 2 is 1.21 bits per heavy atom. The van der Waals surface area contributed by atoms with Crippen molar-refractivity contribution in [1.29, 1.82) is 0 Å². The van der Waals surface area contributed by atoms with Gasteiger partial charge in [0.25, 0.3) is 0 Å². The number of allylic oxidation sites excluding steroid dienone is 1. The van der Waals surface area contributed by atoms with Crippen molar-refractivity contribution in [2.75, 3.05) is 0 Å². The van der Waals surface area contributed by atoms with E-state index < -0.39 is 18.4 Å². The molecule has 29 heavy (non-hydrogen) atoms. The molecule has 0 saturated heterocycles. The van der Waals surface area contributed by atoms with E-state index in [1.54, 1.807) is 16.9 Å². The summed E-state index contributed by atoms with van der Waals surface area (Å²) >= 11 is -2.29. The summed E-state index contributed by atoms with van der Waals surface area (Å²) in [7, 11) is 0. The van der Waals surface area contributed by atoms with Crippen molar-refractivity contribution < 1.29 is 0 Å². The maximum atomic E-state index is 2.53. The van der Waals surface area contributed by atoms with E-state index in [1.807, 2.05) is 0 Å². The fraction of sp³-hybridized carbons (Fsp3) is 0.500. The quantitative estimate of drug-likeness (QED) is 0.192. The molecule has 0 N–H and O–H groups in total. The van der Waals surface area contributed by atoms with E-state index in [2.05, 4.69) is 88.4 Å². The van der Waals surface area contributed by atoms with E-state index in [-0.39, 0.29) is 0 Å². The summed E-state index contributed by atoms with van der Waals surface area (Å²) in [5, 5.41) is 0. The minimum atomic E-state index is -2.29. The standard InChI is InChI=1S/C16H15.3C4H9.Sn/c1-2-15(16-11-7-4-8-12-16)13-14-9-5-3-6-10-14;3*1-3-4-2;/h4-13H,2H2,1H3;3*1,3-4H2,2H3;. The predicted octanol–water partition coefficient (Wildman–Crippen LogP) is 8.69. The van der Waals surface area contributed by atoms with Crippen LogP contribution in [0.1, 0.15) is 83.8 Å². The Morgan fingerprint density at radius 3 is 1.66 bits per heavy atom. The average Bonchev–Trinajstić information content (AvgIpc) is 2.78. The van der Waals surface area contributed by atoms with Gasteiger partial charge >= 0.3 is 185 Å². The van der Waals surface area contributed by atoms with Crippen LogP contribution in [0.3, 0.4) is 0 Å². The van der Waals surface area contributed by atoms with E-state index in [1.165, 1.54) is 55.2 Å². The predicted molar refractivity (Wildman–Crippen MR) is 136 cm³/mol. The van der Waals surface area contributed by atoms with Crippen LogP contribution in [0.25, 0.3) is 11.6 Å².